The summed E-state index contributed by atoms with van der Waals surface area (Å²) in [5.41, 5.74) is 0. The maximum atomic E-state index is 5.30. The number of rotatable bonds is 3. The number of hydrogen-bond donors (Lipinski definition) is 0. The van der Waals surface area contributed by atoms with Gasteiger partial charge in [0.15, 0.2) is 0 Å². The van der Waals surface area contributed by atoms with Crippen molar-refractivity contribution in [1.29, 1.82) is 0 Å². The smallest absolute Gasteiger partial charge is 0.145 e. The lowest BCUT2D eigenvalue weighted by molar-refractivity contribution is 0.401. The maximum Gasteiger partial charge on any atom is 0.145 e. The zero-order chi connectivity index (χ0) is 8.97. The van der Waals surface area contributed by atoms with E-state index in [1.165, 1.54) is 8.47 Å². The molecule has 0 heterocycles. The van der Waals surface area contributed by atoms with E-state index in [0.717, 1.165) is 11.5 Å². The molecule has 0 aliphatic carbocycles. The molecule has 0 atom stereocenters. The molecule has 0 aromatic heterocycles. The zero-order valence-corrected chi connectivity index (χ0v) is 10.1. The van der Waals surface area contributed by atoms with E-state index >= 15 is 0 Å². The number of thioether (sulfide) groups is 1. The van der Waals surface area contributed by atoms with Gasteiger partial charge in [-0.25, -0.2) is 0 Å². The van der Waals surface area contributed by atoms with Crippen LogP contribution < -0.4 is 4.74 Å². The number of ether oxygens (including phenoxy) is 1. The predicted octanol–water partition coefficient (Wildman–Crippen LogP) is 3.41. The third-order valence-electron chi connectivity index (χ3n) is 1.43. The van der Waals surface area contributed by atoms with Gasteiger partial charge in [0, 0.05) is 0 Å². The fourth-order valence-electron chi connectivity index (χ4n) is 0.956. The van der Waals surface area contributed by atoms with Gasteiger partial charge >= 0.3 is 0 Å². The van der Waals surface area contributed by atoms with Gasteiger partial charge in [-0.05, 0) is 40.5 Å². The van der Waals surface area contributed by atoms with E-state index in [2.05, 4.69) is 47.7 Å². The van der Waals surface area contributed by atoms with Crippen LogP contribution in [0.5, 0.6) is 5.75 Å². The fraction of sp³-hybridized carbons (Fsp3) is 0.333. The van der Waals surface area contributed by atoms with Gasteiger partial charge < -0.3 is 4.74 Å². The largest absolute Gasteiger partial charge is 0.494 e. The van der Waals surface area contributed by atoms with Gasteiger partial charge in [-0.15, -0.1) is 11.8 Å². The van der Waals surface area contributed by atoms with Crippen LogP contribution in [0.15, 0.2) is 23.1 Å². The van der Waals surface area contributed by atoms with Crippen LogP contribution in [0.4, 0.5) is 0 Å². The minimum atomic E-state index is 1.00. The fourth-order valence-corrected chi connectivity index (χ4v) is 2.67. The highest BCUT2D eigenvalue weighted by Crippen LogP contribution is 2.32. The molecular formula is C9H11IOS. The van der Waals surface area contributed by atoms with E-state index in [1.54, 1.807) is 7.11 Å². The molecule has 1 aromatic rings. The van der Waals surface area contributed by atoms with Gasteiger partial charge in [-0.2, -0.15) is 0 Å². The van der Waals surface area contributed by atoms with E-state index in [1.807, 2.05) is 11.8 Å². The molecule has 3 heteroatoms. The van der Waals surface area contributed by atoms with Crippen molar-refractivity contribution in [3.8, 4) is 5.75 Å². The summed E-state index contributed by atoms with van der Waals surface area (Å²) in [6, 6.07) is 6.20. The van der Waals surface area contributed by atoms with Crippen LogP contribution in [0.2, 0.25) is 0 Å². The highest BCUT2D eigenvalue weighted by molar-refractivity contribution is 14.1. The molecule has 0 aliphatic rings. The van der Waals surface area contributed by atoms with Crippen molar-refractivity contribution in [3.05, 3.63) is 21.8 Å². The standard InChI is InChI=1S/C9H11IOS/c1-3-12-8-6-4-5-7(10)9(8)11-2/h4-6H,3H2,1-2H3. The molecule has 0 saturated carbocycles. The predicted molar refractivity (Wildman–Crippen MR) is 62.1 cm³/mol. The summed E-state index contributed by atoms with van der Waals surface area (Å²) in [5.74, 6) is 2.08. The van der Waals surface area contributed by atoms with Crippen molar-refractivity contribution in [1.82, 2.24) is 0 Å². The van der Waals surface area contributed by atoms with Gasteiger partial charge in [-0.1, -0.05) is 13.0 Å². The summed E-state index contributed by atoms with van der Waals surface area (Å²) in [4.78, 5) is 1.23. The summed E-state index contributed by atoms with van der Waals surface area (Å²) in [7, 11) is 1.72. The molecule has 0 radical (unpaired) electrons. The maximum absolute atomic E-state index is 5.30. The molecule has 0 unspecified atom stereocenters. The normalized spacial score (nSPS) is 9.92. The van der Waals surface area contributed by atoms with Gasteiger partial charge in [0.1, 0.15) is 5.75 Å². The molecule has 0 amide bonds. The van der Waals surface area contributed by atoms with Crippen LogP contribution >= 0.6 is 34.4 Å². The van der Waals surface area contributed by atoms with Crippen LogP contribution in [0.3, 0.4) is 0 Å². The lowest BCUT2D eigenvalue weighted by Crippen LogP contribution is -1.89. The SMILES string of the molecule is CCSc1cccc(I)c1OC. The van der Waals surface area contributed by atoms with E-state index in [4.69, 9.17) is 4.74 Å². The molecule has 66 valence electrons. The first kappa shape index (κ1) is 10.2. The molecule has 1 rings (SSSR count). The Bertz CT molecular complexity index is 263. The molecule has 0 bridgehead atoms. The van der Waals surface area contributed by atoms with Gasteiger partial charge in [0.2, 0.25) is 0 Å². The third-order valence-corrected chi connectivity index (χ3v) is 3.21. The van der Waals surface area contributed by atoms with Crippen molar-refractivity contribution in [2.45, 2.75) is 11.8 Å². The molecule has 1 aromatic carbocycles. The second-order valence-corrected chi connectivity index (χ2v) is 4.67. The Labute approximate surface area is 91.0 Å². The highest BCUT2D eigenvalue weighted by atomic mass is 127. The zero-order valence-electron chi connectivity index (χ0n) is 7.13. The van der Waals surface area contributed by atoms with Gasteiger partial charge in [-0.3, -0.25) is 0 Å². The van der Waals surface area contributed by atoms with Crippen LogP contribution in [0, 0.1) is 3.57 Å². The lowest BCUT2D eigenvalue weighted by atomic mass is 10.3. The van der Waals surface area contributed by atoms with E-state index in [0.29, 0.717) is 0 Å². The molecule has 12 heavy (non-hydrogen) atoms. The number of halogens is 1. The Morgan fingerprint density at radius 2 is 2.25 bits per heavy atom. The number of para-hydroxylation sites is 1. The summed E-state index contributed by atoms with van der Waals surface area (Å²) in [6.45, 7) is 2.14. The van der Waals surface area contributed by atoms with Crippen molar-refractivity contribution in [3.63, 3.8) is 0 Å². The highest BCUT2D eigenvalue weighted by Gasteiger charge is 2.05. The topological polar surface area (TPSA) is 9.23 Å². The number of hydrogen-bond acceptors (Lipinski definition) is 2. The van der Waals surface area contributed by atoms with Crippen LogP contribution in [0.1, 0.15) is 6.92 Å². The molecule has 0 fully saturated rings. The van der Waals surface area contributed by atoms with Crippen molar-refractivity contribution in [2.75, 3.05) is 12.9 Å². The third kappa shape index (κ3) is 2.29. The Hall–Kier alpha value is 0.1000. The van der Waals surface area contributed by atoms with Crippen molar-refractivity contribution >= 4 is 34.4 Å². The summed E-state index contributed by atoms with van der Waals surface area (Å²) >= 11 is 4.10. The Morgan fingerprint density at radius 1 is 1.50 bits per heavy atom. The summed E-state index contributed by atoms with van der Waals surface area (Å²) in [6.07, 6.45) is 0. The van der Waals surface area contributed by atoms with E-state index < -0.39 is 0 Å². The van der Waals surface area contributed by atoms with Crippen LogP contribution in [-0.2, 0) is 0 Å². The van der Waals surface area contributed by atoms with E-state index in [-0.39, 0.29) is 0 Å². The molecular weight excluding hydrogens is 283 g/mol. The monoisotopic (exact) mass is 294 g/mol. The number of methoxy groups -OCH3 is 1. The first-order chi connectivity index (χ1) is 5.79. The average Bonchev–Trinajstić information content (AvgIpc) is 2.05. The summed E-state index contributed by atoms with van der Waals surface area (Å²) < 4.78 is 6.47. The second-order valence-electron chi connectivity index (χ2n) is 2.20. The molecule has 1 nitrogen and oxygen atoms in total. The van der Waals surface area contributed by atoms with Crippen molar-refractivity contribution in [2.24, 2.45) is 0 Å². The average molecular weight is 294 g/mol. The van der Waals surface area contributed by atoms with Crippen molar-refractivity contribution < 1.29 is 4.74 Å². The minimum Gasteiger partial charge on any atom is -0.494 e. The Morgan fingerprint density at radius 3 is 2.83 bits per heavy atom. The number of benzene rings is 1. The summed E-state index contributed by atoms with van der Waals surface area (Å²) in [5, 5.41) is 0. The Kier molecular flexibility index (Phi) is 4.21. The molecule has 0 spiro atoms. The second kappa shape index (κ2) is 4.97. The molecule has 0 aliphatic heterocycles. The van der Waals surface area contributed by atoms with Gasteiger partial charge in [0.05, 0.1) is 15.6 Å². The lowest BCUT2D eigenvalue weighted by Gasteiger charge is -2.08. The van der Waals surface area contributed by atoms with Crippen LogP contribution in [0.25, 0.3) is 0 Å². The minimum absolute atomic E-state index is 1.00. The molecule has 0 N–H and O–H groups in total. The first-order valence-electron chi connectivity index (χ1n) is 3.75. The van der Waals surface area contributed by atoms with E-state index in [9.17, 15) is 0 Å². The van der Waals surface area contributed by atoms with Crippen LogP contribution in [-0.4, -0.2) is 12.9 Å². The first-order valence-corrected chi connectivity index (χ1v) is 5.81. The quantitative estimate of drug-likeness (QED) is 0.624. The Balaban J connectivity index is 3.00. The molecule has 0 saturated heterocycles. The van der Waals surface area contributed by atoms with Gasteiger partial charge in [0.25, 0.3) is 0 Å².